The molecule has 2 aromatic heterocycles. The molecule has 2 aromatic rings. The van der Waals surface area contributed by atoms with Gasteiger partial charge in [-0.2, -0.15) is 0 Å². The molecule has 1 spiro atoms. The zero-order valence-electron chi connectivity index (χ0n) is 16.8. The molecular formula is C21H29N5O2. The van der Waals surface area contributed by atoms with Crippen LogP contribution in [0.5, 0.6) is 0 Å². The van der Waals surface area contributed by atoms with Gasteiger partial charge in [0.1, 0.15) is 12.2 Å². The molecule has 0 N–H and O–H groups in total. The molecule has 0 bridgehead atoms. The van der Waals surface area contributed by atoms with Crippen LogP contribution in [0.2, 0.25) is 0 Å². The number of amides is 1. The van der Waals surface area contributed by atoms with E-state index in [4.69, 9.17) is 4.74 Å². The molecule has 0 radical (unpaired) electrons. The summed E-state index contributed by atoms with van der Waals surface area (Å²) >= 11 is 0. The van der Waals surface area contributed by atoms with Crippen molar-refractivity contribution < 1.29 is 9.53 Å². The molecule has 0 aliphatic carbocycles. The molecule has 4 heterocycles. The molecule has 0 aromatic carbocycles. The Morgan fingerprint density at radius 2 is 2.04 bits per heavy atom. The highest BCUT2D eigenvalue weighted by Crippen LogP contribution is 2.49. The van der Waals surface area contributed by atoms with Gasteiger partial charge in [0.2, 0.25) is 5.91 Å². The molecule has 2 aliphatic rings. The number of aromatic nitrogens is 4. The third kappa shape index (κ3) is 3.81. The van der Waals surface area contributed by atoms with E-state index in [2.05, 4.69) is 33.6 Å². The van der Waals surface area contributed by atoms with Crippen LogP contribution in [-0.4, -0.2) is 56.9 Å². The van der Waals surface area contributed by atoms with Gasteiger partial charge in [-0.15, -0.1) is 10.2 Å². The van der Waals surface area contributed by atoms with Crippen molar-refractivity contribution in [2.75, 3.05) is 26.3 Å². The number of likely N-dealkylation sites (tertiary alicyclic amines) is 1. The number of nitrogens with zero attached hydrogens (tertiary/aromatic N) is 5. The van der Waals surface area contributed by atoms with Crippen molar-refractivity contribution in [1.82, 2.24) is 24.6 Å². The van der Waals surface area contributed by atoms with E-state index in [1.165, 1.54) is 0 Å². The third-order valence-corrected chi connectivity index (χ3v) is 6.11. The Morgan fingerprint density at radius 1 is 1.29 bits per heavy atom. The molecule has 2 aliphatic heterocycles. The SMILES string of the molecule is CC(C)Cn1cnnc1C1CN(C(=O)Cc2ccncc2)CC12CCOCC2. The average molecular weight is 383 g/mol. The Labute approximate surface area is 166 Å². The van der Waals surface area contributed by atoms with E-state index >= 15 is 0 Å². The molecule has 4 rings (SSSR count). The molecule has 2 fully saturated rings. The molecule has 0 saturated carbocycles. The van der Waals surface area contributed by atoms with E-state index in [1.807, 2.05) is 23.4 Å². The van der Waals surface area contributed by atoms with Crippen LogP contribution in [0.15, 0.2) is 30.9 Å². The summed E-state index contributed by atoms with van der Waals surface area (Å²) in [4.78, 5) is 19.1. The fourth-order valence-electron chi connectivity index (χ4n) is 4.65. The van der Waals surface area contributed by atoms with Crippen LogP contribution in [0.3, 0.4) is 0 Å². The second kappa shape index (κ2) is 7.99. The third-order valence-electron chi connectivity index (χ3n) is 6.11. The molecule has 1 amide bonds. The van der Waals surface area contributed by atoms with Crippen LogP contribution >= 0.6 is 0 Å². The van der Waals surface area contributed by atoms with Gasteiger partial charge in [0.05, 0.1) is 6.42 Å². The van der Waals surface area contributed by atoms with Crippen LogP contribution in [0.1, 0.15) is 44.0 Å². The standard InChI is InChI=1S/C21H29N5O2/c1-16(2)12-26-15-23-24-20(26)18-13-25(14-21(18)5-9-28-10-6-21)19(27)11-17-3-7-22-8-4-17/h3-4,7-8,15-16,18H,5-6,9-14H2,1-2H3. The van der Waals surface area contributed by atoms with E-state index in [0.29, 0.717) is 18.9 Å². The summed E-state index contributed by atoms with van der Waals surface area (Å²) in [6.45, 7) is 8.29. The number of carbonyl (C=O) groups is 1. The van der Waals surface area contributed by atoms with Crippen LogP contribution in [0, 0.1) is 11.3 Å². The van der Waals surface area contributed by atoms with E-state index in [9.17, 15) is 4.79 Å². The minimum atomic E-state index is 0.0356. The summed E-state index contributed by atoms with van der Waals surface area (Å²) in [7, 11) is 0. The van der Waals surface area contributed by atoms with Crippen molar-refractivity contribution in [3.05, 3.63) is 42.2 Å². The lowest BCUT2D eigenvalue weighted by atomic mass is 9.71. The van der Waals surface area contributed by atoms with Gasteiger partial charge in [-0.05, 0) is 36.5 Å². The first-order valence-corrected chi connectivity index (χ1v) is 10.2. The molecule has 1 unspecified atom stereocenters. The Morgan fingerprint density at radius 3 is 2.75 bits per heavy atom. The maximum absolute atomic E-state index is 13.0. The first kappa shape index (κ1) is 19.1. The smallest absolute Gasteiger partial charge is 0.227 e. The Kier molecular flexibility index (Phi) is 5.44. The van der Waals surface area contributed by atoms with E-state index < -0.39 is 0 Å². The number of hydrogen-bond acceptors (Lipinski definition) is 5. The monoisotopic (exact) mass is 383 g/mol. The van der Waals surface area contributed by atoms with Crippen molar-refractivity contribution in [2.45, 2.75) is 45.6 Å². The zero-order valence-corrected chi connectivity index (χ0v) is 16.8. The van der Waals surface area contributed by atoms with Crippen molar-refractivity contribution in [1.29, 1.82) is 0 Å². The van der Waals surface area contributed by atoms with Crippen molar-refractivity contribution >= 4 is 5.91 Å². The molecule has 150 valence electrons. The van der Waals surface area contributed by atoms with Gasteiger partial charge in [0, 0.05) is 56.6 Å². The fourth-order valence-corrected chi connectivity index (χ4v) is 4.65. The topological polar surface area (TPSA) is 73.1 Å². The van der Waals surface area contributed by atoms with Crippen molar-refractivity contribution in [3.8, 4) is 0 Å². The highest BCUT2D eigenvalue weighted by atomic mass is 16.5. The fraction of sp³-hybridized carbons (Fsp3) is 0.619. The molecule has 28 heavy (non-hydrogen) atoms. The molecule has 7 heteroatoms. The summed E-state index contributed by atoms with van der Waals surface area (Å²) in [6, 6.07) is 3.82. The minimum absolute atomic E-state index is 0.0356. The van der Waals surface area contributed by atoms with Crippen LogP contribution < -0.4 is 0 Å². The number of rotatable bonds is 5. The van der Waals surface area contributed by atoms with Crippen molar-refractivity contribution in [2.24, 2.45) is 11.3 Å². The number of carbonyl (C=O) groups excluding carboxylic acids is 1. The molecule has 1 atom stereocenters. The summed E-state index contributed by atoms with van der Waals surface area (Å²) in [6.07, 6.45) is 7.66. The van der Waals surface area contributed by atoms with Gasteiger partial charge in [-0.3, -0.25) is 9.78 Å². The lowest BCUT2D eigenvalue weighted by molar-refractivity contribution is -0.130. The lowest BCUT2D eigenvalue weighted by Crippen LogP contribution is -2.38. The van der Waals surface area contributed by atoms with Gasteiger partial charge >= 0.3 is 0 Å². The highest BCUT2D eigenvalue weighted by molar-refractivity contribution is 5.79. The Balaban J connectivity index is 1.58. The van der Waals surface area contributed by atoms with Crippen LogP contribution in [0.25, 0.3) is 0 Å². The van der Waals surface area contributed by atoms with E-state index in [0.717, 1.165) is 50.5 Å². The second-order valence-electron chi connectivity index (χ2n) is 8.57. The van der Waals surface area contributed by atoms with Gasteiger partial charge in [-0.25, -0.2) is 0 Å². The predicted octanol–water partition coefficient (Wildman–Crippen LogP) is 2.29. The second-order valence-corrected chi connectivity index (χ2v) is 8.57. The first-order chi connectivity index (χ1) is 13.6. The molecule has 2 saturated heterocycles. The normalized spacial score (nSPS) is 21.5. The van der Waals surface area contributed by atoms with Crippen molar-refractivity contribution in [3.63, 3.8) is 0 Å². The largest absolute Gasteiger partial charge is 0.381 e. The number of pyridine rings is 1. The van der Waals surface area contributed by atoms with Gasteiger partial charge in [0.25, 0.3) is 0 Å². The summed E-state index contributed by atoms with van der Waals surface area (Å²) in [5, 5.41) is 8.71. The maximum Gasteiger partial charge on any atom is 0.227 e. The Hall–Kier alpha value is -2.28. The van der Waals surface area contributed by atoms with Gasteiger partial charge in [-0.1, -0.05) is 13.8 Å². The van der Waals surface area contributed by atoms with E-state index in [-0.39, 0.29) is 17.2 Å². The summed E-state index contributed by atoms with van der Waals surface area (Å²) in [5.74, 6) is 1.93. The van der Waals surface area contributed by atoms with Crippen LogP contribution in [0.4, 0.5) is 0 Å². The van der Waals surface area contributed by atoms with Gasteiger partial charge < -0.3 is 14.2 Å². The lowest BCUT2D eigenvalue weighted by Gasteiger charge is -2.37. The molecular weight excluding hydrogens is 354 g/mol. The summed E-state index contributed by atoms with van der Waals surface area (Å²) < 4.78 is 7.84. The maximum atomic E-state index is 13.0. The Bertz CT molecular complexity index is 798. The minimum Gasteiger partial charge on any atom is -0.381 e. The molecule has 7 nitrogen and oxygen atoms in total. The zero-order chi connectivity index (χ0) is 19.6. The number of ether oxygens (including phenoxy) is 1. The van der Waals surface area contributed by atoms with Gasteiger partial charge in [0.15, 0.2) is 0 Å². The first-order valence-electron chi connectivity index (χ1n) is 10.2. The average Bonchev–Trinajstić information content (AvgIpc) is 3.27. The quantitative estimate of drug-likeness (QED) is 0.792. The predicted molar refractivity (Wildman–Crippen MR) is 105 cm³/mol. The highest BCUT2D eigenvalue weighted by Gasteiger charge is 2.50. The summed E-state index contributed by atoms with van der Waals surface area (Å²) in [5.41, 5.74) is 1.04. The van der Waals surface area contributed by atoms with Crippen LogP contribution in [-0.2, 0) is 22.5 Å². The van der Waals surface area contributed by atoms with E-state index in [1.54, 1.807) is 12.4 Å². The number of hydrogen-bond donors (Lipinski definition) is 0.